The summed E-state index contributed by atoms with van der Waals surface area (Å²) in [5.74, 6) is -1.00. The number of ether oxygens (including phenoxy) is 2. The first-order valence-corrected chi connectivity index (χ1v) is 7.01. The van der Waals surface area contributed by atoms with Crippen LogP contribution < -0.4 is 10.5 Å². The van der Waals surface area contributed by atoms with Gasteiger partial charge in [0.25, 0.3) is 0 Å². The zero-order valence-electron chi connectivity index (χ0n) is 12.5. The first-order chi connectivity index (χ1) is 11.1. The topological polar surface area (TPSA) is 98.8 Å². The van der Waals surface area contributed by atoms with Crippen LogP contribution in [-0.2, 0) is 4.74 Å². The van der Waals surface area contributed by atoms with E-state index < -0.39 is 11.6 Å². The van der Waals surface area contributed by atoms with E-state index in [2.05, 4.69) is 0 Å². The molecule has 0 bridgehead atoms. The molecule has 0 amide bonds. The number of rotatable bonds is 4. The minimum Gasteiger partial charge on any atom is -0.507 e. The van der Waals surface area contributed by atoms with Crippen molar-refractivity contribution >= 4 is 17.3 Å². The van der Waals surface area contributed by atoms with Gasteiger partial charge in [-0.05, 0) is 0 Å². The average Bonchev–Trinajstić information content (AvgIpc) is 2.55. The second-order valence-electron chi connectivity index (χ2n) is 5.10. The molecular formula is C17H15NO5. The minimum absolute atomic E-state index is 0.0129. The number of nitrogens with two attached hydrogens (primary N) is 1. The monoisotopic (exact) mass is 313 g/mol. The fraction of sp³-hybridized carbons (Fsp3) is 0.176. The maximum Gasteiger partial charge on any atom is 0.198 e. The minimum atomic E-state index is -0.428. The SMILES string of the molecule is COCCOc1cc(O)c2c(c1N)C(=O)c1ccccc1C2=O. The zero-order chi connectivity index (χ0) is 16.6. The van der Waals surface area contributed by atoms with E-state index in [9.17, 15) is 14.7 Å². The predicted molar refractivity (Wildman–Crippen MR) is 83.2 cm³/mol. The van der Waals surface area contributed by atoms with Crippen LogP contribution in [0.1, 0.15) is 31.8 Å². The van der Waals surface area contributed by atoms with Crippen LogP contribution in [0.15, 0.2) is 30.3 Å². The molecule has 3 rings (SSSR count). The molecule has 1 aliphatic carbocycles. The van der Waals surface area contributed by atoms with Gasteiger partial charge in [-0.15, -0.1) is 0 Å². The number of carbonyl (C=O) groups excluding carboxylic acids is 2. The van der Waals surface area contributed by atoms with E-state index in [0.29, 0.717) is 6.61 Å². The quantitative estimate of drug-likeness (QED) is 0.433. The summed E-state index contributed by atoms with van der Waals surface area (Å²) < 4.78 is 10.3. The van der Waals surface area contributed by atoms with Gasteiger partial charge >= 0.3 is 0 Å². The summed E-state index contributed by atoms with van der Waals surface area (Å²) in [5.41, 5.74) is 6.49. The Morgan fingerprint density at radius 2 is 1.65 bits per heavy atom. The number of hydrogen-bond donors (Lipinski definition) is 2. The number of methoxy groups -OCH3 is 1. The highest BCUT2D eigenvalue weighted by atomic mass is 16.5. The summed E-state index contributed by atoms with van der Waals surface area (Å²) in [6.07, 6.45) is 0. The van der Waals surface area contributed by atoms with Gasteiger partial charge in [0.2, 0.25) is 0 Å². The van der Waals surface area contributed by atoms with Crippen molar-refractivity contribution in [1.29, 1.82) is 0 Å². The lowest BCUT2D eigenvalue weighted by Crippen LogP contribution is -2.23. The summed E-state index contributed by atoms with van der Waals surface area (Å²) in [4.78, 5) is 25.3. The second-order valence-corrected chi connectivity index (χ2v) is 5.10. The van der Waals surface area contributed by atoms with Crippen molar-refractivity contribution in [2.45, 2.75) is 0 Å². The summed E-state index contributed by atoms with van der Waals surface area (Å²) in [6.45, 7) is 0.532. The van der Waals surface area contributed by atoms with Gasteiger partial charge < -0.3 is 20.3 Å². The molecule has 0 aromatic heterocycles. The van der Waals surface area contributed by atoms with Gasteiger partial charge in [0.1, 0.15) is 18.1 Å². The Kier molecular flexibility index (Phi) is 3.75. The number of anilines is 1. The highest BCUT2D eigenvalue weighted by Crippen LogP contribution is 2.41. The van der Waals surface area contributed by atoms with Crippen LogP contribution in [0.25, 0.3) is 0 Å². The van der Waals surface area contributed by atoms with Crippen molar-refractivity contribution in [3.05, 3.63) is 52.6 Å². The second kappa shape index (κ2) is 5.73. The van der Waals surface area contributed by atoms with E-state index >= 15 is 0 Å². The number of phenolic OH excluding ortho intramolecular Hbond substituents is 1. The molecule has 6 heteroatoms. The Hall–Kier alpha value is -2.86. The van der Waals surface area contributed by atoms with Crippen molar-refractivity contribution in [3.63, 3.8) is 0 Å². The molecule has 0 aliphatic heterocycles. The lowest BCUT2D eigenvalue weighted by molar-refractivity contribution is 0.0976. The fourth-order valence-corrected chi connectivity index (χ4v) is 2.63. The summed E-state index contributed by atoms with van der Waals surface area (Å²) in [6, 6.07) is 7.70. The Balaban J connectivity index is 2.15. The molecule has 0 saturated carbocycles. The number of benzene rings is 2. The number of phenols is 1. The molecule has 2 aromatic rings. The molecule has 0 unspecified atom stereocenters. The van der Waals surface area contributed by atoms with Crippen molar-refractivity contribution in [1.82, 2.24) is 0 Å². The smallest absolute Gasteiger partial charge is 0.198 e. The number of aromatic hydroxyl groups is 1. The van der Waals surface area contributed by atoms with Crippen molar-refractivity contribution in [3.8, 4) is 11.5 Å². The molecule has 6 nitrogen and oxygen atoms in total. The molecule has 0 atom stereocenters. The molecule has 0 radical (unpaired) electrons. The van der Waals surface area contributed by atoms with Crippen LogP contribution >= 0.6 is 0 Å². The third kappa shape index (κ3) is 2.33. The number of hydrogen-bond acceptors (Lipinski definition) is 6. The predicted octanol–water partition coefficient (Wildman–Crippen LogP) is 1.77. The molecule has 0 spiro atoms. The fourth-order valence-electron chi connectivity index (χ4n) is 2.63. The molecular weight excluding hydrogens is 298 g/mol. The third-order valence-electron chi connectivity index (χ3n) is 3.72. The largest absolute Gasteiger partial charge is 0.507 e. The Morgan fingerprint density at radius 3 is 2.26 bits per heavy atom. The molecule has 3 N–H and O–H groups in total. The van der Waals surface area contributed by atoms with Gasteiger partial charge in [-0.3, -0.25) is 9.59 Å². The molecule has 0 saturated heterocycles. The van der Waals surface area contributed by atoms with E-state index in [0.717, 1.165) is 0 Å². The number of carbonyl (C=O) groups is 2. The van der Waals surface area contributed by atoms with Gasteiger partial charge in [-0.2, -0.15) is 0 Å². The van der Waals surface area contributed by atoms with Crippen LogP contribution in [0.5, 0.6) is 11.5 Å². The van der Waals surface area contributed by atoms with E-state index in [1.165, 1.54) is 13.2 Å². The normalized spacial score (nSPS) is 12.7. The Bertz CT molecular complexity index is 813. The van der Waals surface area contributed by atoms with Crippen molar-refractivity contribution in [2.24, 2.45) is 0 Å². The molecule has 0 heterocycles. The van der Waals surface area contributed by atoms with Gasteiger partial charge in [0.05, 0.1) is 23.4 Å². The Labute approximate surface area is 132 Å². The van der Waals surface area contributed by atoms with Crippen LogP contribution in [0.4, 0.5) is 5.69 Å². The summed E-state index contributed by atoms with van der Waals surface area (Å²) in [7, 11) is 1.52. The Morgan fingerprint density at radius 1 is 1.04 bits per heavy atom. The van der Waals surface area contributed by atoms with Crippen molar-refractivity contribution in [2.75, 3.05) is 26.1 Å². The van der Waals surface area contributed by atoms with Gasteiger partial charge in [0, 0.05) is 24.3 Å². The molecule has 0 fully saturated rings. The summed E-state index contributed by atoms with van der Waals surface area (Å²) in [5, 5.41) is 10.2. The van der Waals surface area contributed by atoms with Crippen LogP contribution in [-0.4, -0.2) is 37.0 Å². The van der Waals surface area contributed by atoms with Crippen LogP contribution in [0, 0.1) is 0 Å². The lowest BCUT2D eigenvalue weighted by atomic mass is 9.82. The van der Waals surface area contributed by atoms with Gasteiger partial charge in [-0.25, -0.2) is 0 Å². The van der Waals surface area contributed by atoms with E-state index in [1.807, 2.05) is 0 Å². The lowest BCUT2D eigenvalue weighted by Gasteiger charge is -2.21. The first-order valence-electron chi connectivity index (χ1n) is 7.01. The highest BCUT2D eigenvalue weighted by molar-refractivity contribution is 6.31. The number of ketones is 2. The molecule has 118 valence electrons. The molecule has 2 aromatic carbocycles. The zero-order valence-corrected chi connectivity index (χ0v) is 12.5. The van der Waals surface area contributed by atoms with E-state index in [-0.39, 0.29) is 46.0 Å². The maximum atomic E-state index is 12.7. The van der Waals surface area contributed by atoms with Crippen LogP contribution in [0.3, 0.4) is 0 Å². The maximum absolute atomic E-state index is 12.7. The third-order valence-corrected chi connectivity index (χ3v) is 3.72. The average molecular weight is 313 g/mol. The van der Waals surface area contributed by atoms with E-state index in [1.54, 1.807) is 24.3 Å². The molecule has 23 heavy (non-hydrogen) atoms. The number of fused-ring (bicyclic) bond motifs is 2. The van der Waals surface area contributed by atoms with Gasteiger partial charge in [-0.1, -0.05) is 24.3 Å². The van der Waals surface area contributed by atoms with Gasteiger partial charge in [0.15, 0.2) is 11.6 Å². The van der Waals surface area contributed by atoms with Crippen LogP contribution in [0.2, 0.25) is 0 Å². The summed E-state index contributed by atoms with van der Waals surface area (Å²) >= 11 is 0. The molecule has 1 aliphatic rings. The van der Waals surface area contributed by atoms with Crippen molar-refractivity contribution < 1.29 is 24.2 Å². The first kappa shape index (κ1) is 15.1. The number of nitrogen functional groups attached to an aromatic ring is 1. The highest BCUT2D eigenvalue weighted by Gasteiger charge is 2.35. The van der Waals surface area contributed by atoms with E-state index in [4.69, 9.17) is 15.2 Å². The standard InChI is InChI=1S/C17H15NO5/c1-22-6-7-23-12-8-11(19)13-14(15(12)18)17(21)10-5-3-2-4-9(10)16(13)20/h2-5,8,19H,6-7,18H2,1H3.